The van der Waals surface area contributed by atoms with Gasteiger partial charge in [0, 0.05) is 10.9 Å². The maximum atomic E-state index is 12.3. The lowest BCUT2D eigenvalue weighted by atomic mass is 10.2. The lowest BCUT2D eigenvalue weighted by molar-refractivity contribution is -0.117. The molecule has 3 nitrogen and oxygen atoms in total. The Labute approximate surface area is 116 Å². The van der Waals surface area contributed by atoms with Crippen LogP contribution in [0.5, 0.6) is 5.75 Å². The number of halogens is 4. The molecule has 1 aromatic rings. The number of hydrogen-bond acceptors (Lipinski definition) is 2. The first-order valence-corrected chi connectivity index (χ1v) is 6.39. The molecule has 1 amide bonds. The standard InChI is InChI=1S/C11H9BrClF2NO2/c12-7-3-6(13)4-8(9(7)18-11(14)15)16-10(17)5-1-2-5/h3-5,11H,1-2H2,(H,16,17). The van der Waals surface area contributed by atoms with Gasteiger partial charge in [-0.3, -0.25) is 4.79 Å². The normalized spacial score (nSPS) is 14.7. The van der Waals surface area contributed by atoms with Crippen LogP contribution in [0, 0.1) is 5.92 Å². The van der Waals surface area contributed by atoms with E-state index >= 15 is 0 Å². The van der Waals surface area contributed by atoms with Crippen molar-refractivity contribution in [2.45, 2.75) is 19.5 Å². The predicted octanol–water partition coefficient (Wildman–Crippen LogP) is 4.05. The molecule has 2 rings (SSSR count). The molecule has 7 heteroatoms. The number of carbonyl (C=O) groups is 1. The Morgan fingerprint density at radius 2 is 2.17 bits per heavy atom. The number of ether oxygens (including phenoxy) is 1. The SMILES string of the molecule is O=C(Nc1cc(Cl)cc(Br)c1OC(F)F)C1CC1. The molecule has 1 aromatic carbocycles. The Hall–Kier alpha value is -0.880. The highest BCUT2D eigenvalue weighted by molar-refractivity contribution is 9.10. The molecular weight excluding hydrogens is 331 g/mol. The Balaban J connectivity index is 2.27. The summed E-state index contributed by atoms with van der Waals surface area (Å²) >= 11 is 8.89. The molecule has 1 saturated carbocycles. The third-order valence-electron chi connectivity index (χ3n) is 2.42. The van der Waals surface area contributed by atoms with E-state index in [1.165, 1.54) is 12.1 Å². The molecule has 1 aliphatic rings. The molecule has 0 aliphatic heterocycles. The highest BCUT2D eigenvalue weighted by atomic mass is 79.9. The van der Waals surface area contributed by atoms with Crippen LogP contribution in [0.3, 0.4) is 0 Å². The zero-order valence-electron chi connectivity index (χ0n) is 9.05. The Morgan fingerprint density at radius 3 is 2.72 bits per heavy atom. The van der Waals surface area contributed by atoms with Crippen molar-refractivity contribution in [1.29, 1.82) is 0 Å². The number of amides is 1. The van der Waals surface area contributed by atoms with Gasteiger partial charge in [-0.2, -0.15) is 8.78 Å². The smallest absolute Gasteiger partial charge is 0.387 e. The molecule has 0 spiro atoms. The van der Waals surface area contributed by atoms with Crippen LogP contribution < -0.4 is 10.1 Å². The number of nitrogens with one attached hydrogen (secondary N) is 1. The van der Waals surface area contributed by atoms with Crippen molar-refractivity contribution >= 4 is 39.1 Å². The number of carbonyl (C=O) groups excluding carboxylic acids is 1. The lowest BCUT2D eigenvalue weighted by Crippen LogP contribution is -2.15. The number of hydrogen-bond donors (Lipinski definition) is 1. The molecular formula is C11H9BrClF2NO2. The molecule has 0 atom stereocenters. The minimum Gasteiger partial charge on any atom is -0.431 e. The number of rotatable bonds is 4. The summed E-state index contributed by atoms with van der Waals surface area (Å²) in [6.07, 6.45) is 1.64. The molecule has 1 fully saturated rings. The van der Waals surface area contributed by atoms with Crippen LogP contribution in [-0.2, 0) is 4.79 Å². The zero-order valence-corrected chi connectivity index (χ0v) is 11.4. The summed E-state index contributed by atoms with van der Waals surface area (Å²) in [4.78, 5) is 11.6. The second-order valence-electron chi connectivity index (χ2n) is 3.91. The fraction of sp³-hybridized carbons (Fsp3) is 0.364. The van der Waals surface area contributed by atoms with Gasteiger partial charge in [0.05, 0.1) is 10.2 Å². The molecule has 1 aliphatic carbocycles. The van der Waals surface area contributed by atoms with Gasteiger partial charge in [-0.1, -0.05) is 11.6 Å². The monoisotopic (exact) mass is 339 g/mol. The van der Waals surface area contributed by atoms with E-state index < -0.39 is 6.61 Å². The van der Waals surface area contributed by atoms with Crippen LogP contribution in [-0.4, -0.2) is 12.5 Å². The second kappa shape index (κ2) is 5.40. The van der Waals surface area contributed by atoms with Crippen LogP contribution in [0.1, 0.15) is 12.8 Å². The summed E-state index contributed by atoms with van der Waals surface area (Å²) in [7, 11) is 0. The first-order valence-electron chi connectivity index (χ1n) is 5.22. The fourth-order valence-corrected chi connectivity index (χ4v) is 2.35. The van der Waals surface area contributed by atoms with E-state index in [1.807, 2.05) is 0 Å². The zero-order chi connectivity index (χ0) is 13.3. The second-order valence-corrected chi connectivity index (χ2v) is 5.20. The minimum absolute atomic E-state index is 0.0397. The highest BCUT2D eigenvalue weighted by Crippen LogP contribution is 2.39. The van der Waals surface area contributed by atoms with E-state index in [0.29, 0.717) is 5.02 Å². The Kier molecular flexibility index (Phi) is 4.07. The van der Waals surface area contributed by atoms with Crippen LogP contribution in [0.4, 0.5) is 14.5 Å². The van der Waals surface area contributed by atoms with Crippen LogP contribution in [0.2, 0.25) is 5.02 Å². The summed E-state index contributed by atoms with van der Waals surface area (Å²) in [6.45, 7) is -2.97. The molecule has 0 saturated heterocycles. The maximum absolute atomic E-state index is 12.3. The number of alkyl halides is 2. The van der Waals surface area contributed by atoms with Crippen LogP contribution in [0.25, 0.3) is 0 Å². The van der Waals surface area contributed by atoms with Crippen molar-refractivity contribution in [1.82, 2.24) is 0 Å². The molecule has 0 radical (unpaired) electrons. The molecule has 0 bridgehead atoms. The fourth-order valence-electron chi connectivity index (χ4n) is 1.44. The average Bonchev–Trinajstić information content (AvgIpc) is 3.06. The van der Waals surface area contributed by atoms with Gasteiger partial charge < -0.3 is 10.1 Å². The topological polar surface area (TPSA) is 38.3 Å². The molecule has 1 N–H and O–H groups in total. The summed E-state index contributed by atoms with van der Waals surface area (Å²) in [5.41, 5.74) is 0.145. The third-order valence-corrected chi connectivity index (χ3v) is 3.23. The molecule has 0 aromatic heterocycles. The van der Waals surface area contributed by atoms with Crippen molar-refractivity contribution in [2.75, 3.05) is 5.32 Å². The molecule has 0 heterocycles. The quantitative estimate of drug-likeness (QED) is 0.898. The summed E-state index contributed by atoms with van der Waals surface area (Å²) in [5.74, 6) is -0.367. The van der Waals surface area contributed by atoms with E-state index in [9.17, 15) is 13.6 Å². The van der Waals surface area contributed by atoms with Crippen LogP contribution in [0.15, 0.2) is 16.6 Å². The van der Waals surface area contributed by atoms with E-state index in [2.05, 4.69) is 26.0 Å². The minimum atomic E-state index is -2.97. The molecule has 18 heavy (non-hydrogen) atoms. The molecule has 0 unspecified atom stereocenters. The Morgan fingerprint density at radius 1 is 1.50 bits per heavy atom. The first kappa shape index (κ1) is 13.5. The summed E-state index contributed by atoms with van der Waals surface area (Å²) < 4.78 is 29.2. The van der Waals surface area contributed by atoms with Gasteiger partial charge in [0.25, 0.3) is 0 Å². The van der Waals surface area contributed by atoms with E-state index in [-0.39, 0.29) is 27.7 Å². The highest BCUT2D eigenvalue weighted by Gasteiger charge is 2.30. The van der Waals surface area contributed by atoms with Crippen molar-refractivity contribution in [3.63, 3.8) is 0 Å². The maximum Gasteiger partial charge on any atom is 0.387 e. The van der Waals surface area contributed by atoms with Crippen molar-refractivity contribution in [3.05, 3.63) is 21.6 Å². The third kappa shape index (κ3) is 3.32. The van der Waals surface area contributed by atoms with Crippen LogP contribution >= 0.6 is 27.5 Å². The Bertz CT molecular complexity index is 480. The number of anilines is 1. The largest absolute Gasteiger partial charge is 0.431 e. The average molecular weight is 341 g/mol. The van der Waals surface area contributed by atoms with E-state index in [1.54, 1.807) is 0 Å². The van der Waals surface area contributed by atoms with Gasteiger partial charge in [-0.25, -0.2) is 0 Å². The number of benzene rings is 1. The summed E-state index contributed by atoms with van der Waals surface area (Å²) in [5, 5.41) is 2.86. The van der Waals surface area contributed by atoms with Crippen molar-refractivity contribution in [3.8, 4) is 5.75 Å². The van der Waals surface area contributed by atoms with Crippen molar-refractivity contribution < 1.29 is 18.3 Å². The van der Waals surface area contributed by atoms with E-state index in [0.717, 1.165) is 12.8 Å². The summed E-state index contributed by atoms with van der Waals surface area (Å²) in [6, 6.07) is 2.80. The van der Waals surface area contributed by atoms with Gasteiger partial charge in [-0.05, 0) is 40.9 Å². The molecule has 98 valence electrons. The van der Waals surface area contributed by atoms with Gasteiger partial charge in [0.15, 0.2) is 5.75 Å². The van der Waals surface area contributed by atoms with Crippen molar-refractivity contribution in [2.24, 2.45) is 5.92 Å². The lowest BCUT2D eigenvalue weighted by Gasteiger charge is -2.14. The van der Waals surface area contributed by atoms with E-state index in [4.69, 9.17) is 11.6 Å². The first-order chi connectivity index (χ1) is 8.47. The van der Waals surface area contributed by atoms with Gasteiger partial charge in [-0.15, -0.1) is 0 Å². The van der Waals surface area contributed by atoms with Gasteiger partial charge in [0.2, 0.25) is 5.91 Å². The van der Waals surface area contributed by atoms with Gasteiger partial charge in [0.1, 0.15) is 0 Å². The van der Waals surface area contributed by atoms with Gasteiger partial charge >= 0.3 is 6.61 Å². The predicted molar refractivity (Wildman–Crippen MR) is 67.1 cm³/mol.